The van der Waals surface area contributed by atoms with E-state index in [1.54, 1.807) is 4.90 Å². The molecular weight excluding hydrogens is 286 g/mol. The molecule has 1 rings (SSSR count). The van der Waals surface area contributed by atoms with Crippen LogP contribution >= 0.6 is 0 Å². The third kappa shape index (κ3) is 6.06. The van der Waals surface area contributed by atoms with E-state index in [0.717, 1.165) is 25.9 Å². The van der Waals surface area contributed by atoms with E-state index in [9.17, 15) is 0 Å². The summed E-state index contributed by atoms with van der Waals surface area (Å²) in [6.07, 6.45) is 3.11. The lowest BCUT2D eigenvalue weighted by Crippen LogP contribution is -2.34. The van der Waals surface area contributed by atoms with Crippen LogP contribution in [0, 0.1) is 0 Å². The maximum atomic E-state index is 9.10. The Balaban J connectivity index is 2.88. The van der Waals surface area contributed by atoms with Crippen LogP contribution in [0.5, 0.6) is 0 Å². The highest BCUT2D eigenvalue weighted by Gasteiger charge is 2.14. The summed E-state index contributed by atoms with van der Waals surface area (Å²) in [5, 5.41) is 18.2. The van der Waals surface area contributed by atoms with Crippen LogP contribution in [-0.4, -0.2) is 77.6 Å². The van der Waals surface area contributed by atoms with Crippen LogP contribution in [0.2, 0.25) is 0 Å². The molecule has 9 heteroatoms. The molecule has 1 aromatic rings. The highest BCUT2D eigenvalue weighted by atomic mass is 16.3. The van der Waals surface area contributed by atoms with Gasteiger partial charge in [0.25, 0.3) is 0 Å². The van der Waals surface area contributed by atoms with Gasteiger partial charge >= 0.3 is 0 Å². The van der Waals surface area contributed by atoms with Crippen LogP contribution in [0.25, 0.3) is 0 Å². The molecule has 0 aromatic carbocycles. The number of aliphatic hydroxyl groups is 2. The number of anilines is 2. The molecule has 0 aliphatic heterocycles. The summed E-state index contributed by atoms with van der Waals surface area (Å²) in [6.45, 7) is 3.33. The minimum atomic E-state index is -0.0366. The van der Waals surface area contributed by atoms with Crippen molar-refractivity contribution in [2.45, 2.75) is 12.8 Å². The minimum absolute atomic E-state index is 0.0366. The van der Waals surface area contributed by atoms with Crippen molar-refractivity contribution < 1.29 is 10.2 Å². The normalized spacial score (nSPS) is 10.7. The van der Waals surface area contributed by atoms with E-state index in [-0.39, 0.29) is 13.2 Å². The molecule has 0 atom stereocenters. The maximum Gasteiger partial charge on any atom is 0.230 e. The molecule has 0 bridgehead atoms. The first kappa shape index (κ1) is 18.5. The number of rotatable bonds is 12. The van der Waals surface area contributed by atoms with Crippen LogP contribution in [0.1, 0.15) is 12.8 Å². The van der Waals surface area contributed by atoms with Gasteiger partial charge in [0.15, 0.2) is 0 Å². The quantitative estimate of drug-likeness (QED) is 0.351. The van der Waals surface area contributed by atoms with E-state index in [1.807, 2.05) is 4.90 Å². The molecule has 0 fully saturated rings. The second-order valence-electron chi connectivity index (χ2n) is 4.79. The van der Waals surface area contributed by atoms with Gasteiger partial charge in [-0.3, -0.25) is 0 Å². The molecule has 0 saturated heterocycles. The first-order chi connectivity index (χ1) is 10.8. The Labute approximate surface area is 131 Å². The van der Waals surface area contributed by atoms with Gasteiger partial charge in [0.05, 0.1) is 13.2 Å². The molecule has 0 aliphatic carbocycles. The van der Waals surface area contributed by atoms with Gasteiger partial charge in [-0.1, -0.05) is 0 Å². The number of hydrogen-bond donors (Lipinski definition) is 4. The molecule has 0 radical (unpaired) electrons. The first-order valence-corrected chi connectivity index (χ1v) is 7.57. The van der Waals surface area contributed by atoms with Gasteiger partial charge in [0.1, 0.15) is 6.33 Å². The third-order valence-corrected chi connectivity index (χ3v) is 3.12. The summed E-state index contributed by atoms with van der Waals surface area (Å²) >= 11 is 0. The summed E-state index contributed by atoms with van der Waals surface area (Å²) in [4.78, 5) is 16.5. The van der Waals surface area contributed by atoms with Crippen molar-refractivity contribution in [3.8, 4) is 0 Å². The van der Waals surface area contributed by atoms with E-state index >= 15 is 0 Å². The summed E-state index contributed by atoms with van der Waals surface area (Å²) in [5.41, 5.74) is 11.1. The van der Waals surface area contributed by atoms with E-state index in [0.29, 0.717) is 38.1 Å². The summed E-state index contributed by atoms with van der Waals surface area (Å²) in [5.74, 6) is 1.01. The minimum Gasteiger partial charge on any atom is -0.395 e. The molecule has 126 valence electrons. The molecule has 0 spiro atoms. The average molecular weight is 313 g/mol. The Morgan fingerprint density at radius 1 is 0.818 bits per heavy atom. The van der Waals surface area contributed by atoms with Crippen molar-refractivity contribution in [2.24, 2.45) is 11.5 Å². The summed E-state index contributed by atoms with van der Waals surface area (Å²) in [6, 6.07) is 0. The van der Waals surface area contributed by atoms with Gasteiger partial charge in [-0.2, -0.15) is 4.98 Å². The number of nitrogens with two attached hydrogens (primary N) is 2. The fourth-order valence-electron chi connectivity index (χ4n) is 2.01. The van der Waals surface area contributed by atoms with Crippen molar-refractivity contribution in [2.75, 3.05) is 62.3 Å². The number of hydrogen-bond acceptors (Lipinski definition) is 9. The molecule has 9 nitrogen and oxygen atoms in total. The summed E-state index contributed by atoms with van der Waals surface area (Å²) in [7, 11) is 0. The Morgan fingerprint density at radius 2 is 1.27 bits per heavy atom. The molecule has 0 unspecified atom stereocenters. The molecule has 1 aromatic heterocycles. The van der Waals surface area contributed by atoms with Crippen LogP contribution in [0.15, 0.2) is 6.33 Å². The maximum absolute atomic E-state index is 9.10. The zero-order valence-corrected chi connectivity index (χ0v) is 12.9. The van der Waals surface area contributed by atoms with Gasteiger partial charge in [0, 0.05) is 26.2 Å². The zero-order valence-electron chi connectivity index (χ0n) is 12.9. The van der Waals surface area contributed by atoms with Gasteiger partial charge in [-0.15, -0.1) is 0 Å². The standard InChI is InChI=1S/C13H27N7O2/c14-3-1-5-19(6-2-4-15)12-16-11-17-13(18-12)20(7-9-21)8-10-22/h11,21-22H,1-10,14-15H2. The fourth-order valence-corrected chi connectivity index (χ4v) is 2.01. The fraction of sp³-hybridized carbons (Fsp3) is 0.769. The lowest BCUT2D eigenvalue weighted by atomic mass is 10.3. The van der Waals surface area contributed by atoms with Crippen LogP contribution in [0.3, 0.4) is 0 Å². The van der Waals surface area contributed by atoms with Crippen LogP contribution < -0.4 is 21.3 Å². The first-order valence-electron chi connectivity index (χ1n) is 7.57. The predicted molar refractivity (Wildman–Crippen MR) is 85.8 cm³/mol. The number of aromatic nitrogens is 3. The highest BCUT2D eigenvalue weighted by molar-refractivity contribution is 5.37. The van der Waals surface area contributed by atoms with E-state index < -0.39 is 0 Å². The van der Waals surface area contributed by atoms with Crippen molar-refractivity contribution in [1.29, 1.82) is 0 Å². The Hall–Kier alpha value is -1.55. The van der Waals surface area contributed by atoms with Gasteiger partial charge < -0.3 is 31.5 Å². The lowest BCUT2D eigenvalue weighted by Gasteiger charge is -2.25. The molecule has 1 heterocycles. The Morgan fingerprint density at radius 3 is 1.68 bits per heavy atom. The average Bonchev–Trinajstić information content (AvgIpc) is 2.55. The monoisotopic (exact) mass is 313 g/mol. The van der Waals surface area contributed by atoms with Crippen molar-refractivity contribution >= 4 is 11.9 Å². The van der Waals surface area contributed by atoms with Gasteiger partial charge in [-0.25, -0.2) is 9.97 Å². The largest absolute Gasteiger partial charge is 0.395 e. The molecule has 0 saturated carbocycles. The third-order valence-electron chi connectivity index (χ3n) is 3.12. The number of nitrogens with zero attached hydrogens (tertiary/aromatic N) is 5. The molecule has 6 N–H and O–H groups in total. The second kappa shape index (κ2) is 11.1. The van der Waals surface area contributed by atoms with Crippen molar-refractivity contribution in [1.82, 2.24) is 15.0 Å². The van der Waals surface area contributed by atoms with E-state index in [1.165, 1.54) is 6.33 Å². The van der Waals surface area contributed by atoms with Gasteiger partial charge in [0.2, 0.25) is 11.9 Å². The Bertz CT molecular complexity index is 394. The Kier molecular flexibility index (Phi) is 9.31. The number of aliphatic hydroxyl groups excluding tert-OH is 2. The van der Waals surface area contributed by atoms with E-state index in [4.69, 9.17) is 21.7 Å². The van der Waals surface area contributed by atoms with Crippen LogP contribution in [-0.2, 0) is 0 Å². The lowest BCUT2D eigenvalue weighted by molar-refractivity contribution is 0.280. The van der Waals surface area contributed by atoms with Gasteiger partial charge in [-0.05, 0) is 25.9 Å². The molecule has 22 heavy (non-hydrogen) atoms. The molecule has 0 aliphatic rings. The van der Waals surface area contributed by atoms with Crippen LogP contribution in [0.4, 0.5) is 11.9 Å². The van der Waals surface area contributed by atoms with Crippen molar-refractivity contribution in [3.05, 3.63) is 6.33 Å². The SMILES string of the molecule is NCCCN(CCCN)c1ncnc(N(CCO)CCO)n1. The smallest absolute Gasteiger partial charge is 0.230 e. The highest BCUT2D eigenvalue weighted by Crippen LogP contribution is 2.12. The van der Waals surface area contributed by atoms with E-state index in [2.05, 4.69) is 15.0 Å². The topological polar surface area (TPSA) is 138 Å². The molecular formula is C13H27N7O2. The molecule has 0 amide bonds. The summed E-state index contributed by atoms with van der Waals surface area (Å²) < 4.78 is 0. The van der Waals surface area contributed by atoms with Crippen molar-refractivity contribution in [3.63, 3.8) is 0 Å². The zero-order chi connectivity index (χ0) is 16.2. The predicted octanol–water partition coefficient (Wildman–Crippen LogP) is -1.83. The second-order valence-corrected chi connectivity index (χ2v) is 4.79.